The van der Waals surface area contributed by atoms with Crippen molar-refractivity contribution in [2.24, 2.45) is 0 Å². The Morgan fingerprint density at radius 2 is 1.67 bits per heavy atom. The molecule has 3 nitrogen and oxygen atoms in total. The predicted molar refractivity (Wildman–Crippen MR) is 70.6 cm³/mol. The molecular formula is C15H13N3. The Kier molecular flexibility index (Phi) is 2.88. The van der Waals surface area contributed by atoms with Crippen molar-refractivity contribution in [2.45, 2.75) is 6.42 Å². The average molecular weight is 235 g/mol. The minimum absolute atomic E-state index is 0.830. The summed E-state index contributed by atoms with van der Waals surface area (Å²) in [5.74, 6) is 1.03. The minimum atomic E-state index is 0.830. The molecule has 2 aromatic heterocycles. The molecule has 0 radical (unpaired) electrons. The first-order valence-corrected chi connectivity index (χ1v) is 5.90. The van der Waals surface area contributed by atoms with Gasteiger partial charge in [-0.2, -0.15) is 0 Å². The van der Waals surface area contributed by atoms with E-state index < -0.39 is 0 Å². The molecule has 0 aliphatic heterocycles. The van der Waals surface area contributed by atoms with Crippen molar-refractivity contribution >= 4 is 0 Å². The molecule has 0 fully saturated rings. The van der Waals surface area contributed by atoms with Gasteiger partial charge < -0.3 is 4.57 Å². The van der Waals surface area contributed by atoms with Crippen molar-refractivity contribution in [3.05, 3.63) is 78.6 Å². The fourth-order valence-corrected chi connectivity index (χ4v) is 1.98. The van der Waals surface area contributed by atoms with E-state index in [1.165, 1.54) is 5.56 Å². The lowest BCUT2D eigenvalue weighted by molar-refractivity contribution is 0.911. The maximum Gasteiger partial charge on any atom is 0.117 e. The normalized spacial score (nSPS) is 10.4. The fraction of sp³-hybridized carbons (Fsp3) is 0.0667. The molecule has 0 unspecified atom stereocenters. The van der Waals surface area contributed by atoms with Crippen LogP contribution in [0.3, 0.4) is 0 Å². The van der Waals surface area contributed by atoms with Gasteiger partial charge in [-0.05, 0) is 17.7 Å². The van der Waals surface area contributed by atoms with Crippen molar-refractivity contribution < 1.29 is 0 Å². The van der Waals surface area contributed by atoms with Crippen LogP contribution in [0.5, 0.6) is 0 Å². The molecule has 0 aliphatic rings. The third-order valence-corrected chi connectivity index (χ3v) is 2.86. The number of aromatic nitrogens is 3. The maximum atomic E-state index is 4.43. The summed E-state index contributed by atoms with van der Waals surface area (Å²) >= 11 is 0. The standard InChI is InChI=1S/C15H13N3/c1-2-4-13(5-3-1)12-15-17-10-11-18(15)14-6-8-16-9-7-14/h1-11H,12H2. The second-order valence-electron chi connectivity index (χ2n) is 4.08. The van der Waals surface area contributed by atoms with Gasteiger partial charge in [0.1, 0.15) is 5.82 Å². The van der Waals surface area contributed by atoms with Crippen LogP contribution >= 0.6 is 0 Å². The molecule has 18 heavy (non-hydrogen) atoms. The first-order valence-electron chi connectivity index (χ1n) is 5.90. The maximum absolute atomic E-state index is 4.43. The third-order valence-electron chi connectivity index (χ3n) is 2.86. The summed E-state index contributed by atoms with van der Waals surface area (Å²) in [6, 6.07) is 14.3. The molecular weight excluding hydrogens is 222 g/mol. The second-order valence-corrected chi connectivity index (χ2v) is 4.08. The van der Waals surface area contributed by atoms with Crippen LogP contribution in [0.1, 0.15) is 11.4 Å². The van der Waals surface area contributed by atoms with Gasteiger partial charge in [-0.15, -0.1) is 0 Å². The SMILES string of the molecule is c1ccc(Cc2nccn2-c2ccncc2)cc1. The van der Waals surface area contributed by atoms with Crippen molar-refractivity contribution in [3.63, 3.8) is 0 Å². The van der Waals surface area contributed by atoms with E-state index in [1.807, 2.05) is 30.6 Å². The Bertz CT molecular complexity index is 615. The van der Waals surface area contributed by atoms with E-state index in [0.29, 0.717) is 0 Å². The first-order chi connectivity index (χ1) is 8.93. The van der Waals surface area contributed by atoms with Gasteiger partial charge in [0.2, 0.25) is 0 Å². The smallest absolute Gasteiger partial charge is 0.117 e. The van der Waals surface area contributed by atoms with E-state index >= 15 is 0 Å². The van der Waals surface area contributed by atoms with Gasteiger partial charge in [0.25, 0.3) is 0 Å². The number of hydrogen-bond acceptors (Lipinski definition) is 2. The van der Waals surface area contributed by atoms with Crippen molar-refractivity contribution in [1.82, 2.24) is 14.5 Å². The monoisotopic (exact) mass is 235 g/mol. The van der Waals surface area contributed by atoms with Crippen LogP contribution in [0.15, 0.2) is 67.3 Å². The largest absolute Gasteiger partial charge is 0.303 e. The van der Waals surface area contributed by atoms with Gasteiger partial charge in [-0.3, -0.25) is 4.98 Å². The van der Waals surface area contributed by atoms with Gasteiger partial charge in [0, 0.05) is 36.9 Å². The van der Waals surface area contributed by atoms with Crippen LogP contribution < -0.4 is 0 Å². The number of hydrogen-bond donors (Lipinski definition) is 0. The quantitative estimate of drug-likeness (QED) is 0.699. The van der Waals surface area contributed by atoms with Gasteiger partial charge in [0.05, 0.1) is 0 Å². The third kappa shape index (κ3) is 2.15. The molecule has 0 aliphatic carbocycles. The number of rotatable bonds is 3. The fourth-order valence-electron chi connectivity index (χ4n) is 1.98. The van der Waals surface area contributed by atoms with Gasteiger partial charge in [-0.1, -0.05) is 30.3 Å². The molecule has 3 rings (SSSR count). The lowest BCUT2D eigenvalue weighted by Gasteiger charge is -2.07. The van der Waals surface area contributed by atoms with Crippen molar-refractivity contribution in [1.29, 1.82) is 0 Å². The summed E-state index contributed by atoms with van der Waals surface area (Å²) in [5, 5.41) is 0. The summed E-state index contributed by atoms with van der Waals surface area (Å²) in [6.45, 7) is 0. The highest BCUT2D eigenvalue weighted by atomic mass is 15.1. The highest BCUT2D eigenvalue weighted by molar-refractivity contribution is 5.32. The van der Waals surface area contributed by atoms with Crippen LogP contribution in [0, 0.1) is 0 Å². The summed E-state index contributed by atoms with van der Waals surface area (Å²) in [4.78, 5) is 8.47. The summed E-state index contributed by atoms with van der Waals surface area (Å²) < 4.78 is 2.09. The van der Waals surface area contributed by atoms with E-state index in [4.69, 9.17) is 0 Å². The Hall–Kier alpha value is -2.42. The van der Waals surface area contributed by atoms with Gasteiger partial charge in [0.15, 0.2) is 0 Å². The summed E-state index contributed by atoms with van der Waals surface area (Å²) in [7, 11) is 0. The van der Waals surface area contributed by atoms with Crippen molar-refractivity contribution in [3.8, 4) is 5.69 Å². The molecule has 0 N–H and O–H groups in total. The Labute approximate surface area is 106 Å². The van der Waals surface area contributed by atoms with E-state index in [-0.39, 0.29) is 0 Å². The van der Waals surface area contributed by atoms with Gasteiger partial charge >= 0.3 is 0 Å². The highest BCUT2D eigenvalue weighted by Gasteiger charge is 2.05. The lowest BCUT2D eigenvalue weighted by atomic mass is 10.1. The molecule has 0 saturated heterocycles. The Morgan fingerprint density at radius 3 is 2.44 bits per heavy atom. The Morgan fingerprint density at radius 1 is 0.889 bits per heavy atom. The second kappa shape index (κ2) is 4.84. The first kappa shape index (κ1) is 10.7. The molecule has 3 aromatic rings. The van der Waals surface area contributed by atoms with E-state index in [9.17, 15) is 0 Å². The molecule has 0 saturated carbocycles. The molecule has 3 heteroatoms. The number of imidazole rings is 1. The lowest BCUT2D eigenvalue weighted by Crippen LogP contribution is -2.01. The van der Waals surface area contributed by atoms with Crippen LogP contribution in [0.2, 0.25) is 0 Å². The zero-order chi connectivity index (χ0) is 12.2. The minimum Gasteiger partial charge on any atom is -0.303 e. The summed E-state index contributed by atoms with van der Waals surface area (Å²) in [6.07, 6.45) is 8.23. The molecule has 0 bridgehead atoms. The molecule has 2 heterocycles. The number of benzene rings is 1. The number of pyridine rings is 1. The molecule has 88 valence electrons. The van der Waals surface area contributed by atoms with Crippen LogP contribution in [-0.4, -0.2) is 14.5 Å². The number of nitrogens with zero attached hydrogens (tertiary/aromatic N) is 3. The zero-order valence-electron chi connectivity index (χ0n) is 9.90. The summed E-state index contributed by atoms with van der Waals surface area (Å²) in [5.41, 5.74) is 2.35. The van der Waals surface area contributed by atoms with Crippen LogP contribution in [0.25, 0.3) is 5.69 Å². The van der Waals surface area contributed by atoms with Gasteiger partial charge in [-0.25, -0.2) is 4.98 Å². The van der Waals surface area contributed by atoms with E-state index in [1.54, 1.807) is 12.4 Å². The molecule has 1 aromatic carbocycles. The Balaban J connectivity index is 1.93. The van der Waals surface area contributed by atoms with Crippen molar-refractivity contribution in [2.75, 3.05) is 0 Å². The predicted octanol–water partition coefficient (Wildman–Crippen LogP) is 2.86. The van der Waals surface area contributed by atoms with Crippen LogP contribution in [-0.2, 0) is 6.42 Å². The molecule has 0 atom stereocenters. The molecule has 0 amide bonds. The van der Waals surface area contributed by atoms with Crippen LogP contribution in [0.4, 0.5) is 0 Å². The van der Waals surface area contributed by atoms with E-state index in [0.717, 1.165) is 17.9 Å². The average Bonchev–Trinajstić information content (AvgIpc) is 2.89. The zero-order valence-corrected chi connectivity index (χ0v) is 9.90. The highest BCUT2D eigenvalue weighted by Crippen LogP contribution is 2.13. The topological polar surface area (TPSA) is 30.7 Å². The van der Waals surface area contributed by atoms with E-state index in [2.05, 4.69) is 38.8 Å². The molecule has 0 spiro atoms.